The first-order valence-corrected chi connectivity index (χ1v) is 6.39. The van der Waals surface area contributed by atoms with Crippen molar-refractivity contribution in [2.45, 2.75) is 44.1 Å². The molecule has 1 aliphatic rings. The Kier molecular flexibility index (Phi) is 3.22. The molecule has 0 saturated heterocycles. The van der Waals surface area contributed by atoms with E-state index >= 15 is 0 Å². The number of hydrogen-bond acceptors (Lipinski definition) is 3. The summed E-state index contributed by atoms with van der Waals surface area (Å²) in [5.41, 5.74) is 5.99. The maximum atomic E-state index is 11.8. The monoisotopic (exact) mass is 223 g/mol. The molecule has 0 unspecified atom stereocenters. The third-order valence-electron chi connectivity index (χ3n) is 3.10. The van der Waals surface area contributed by atoms with Crippen LogP contribution in [0.2, 0.25) is 0 Å². The lowest BCUT2D eigenvalue weighted by atomic mass is 9.91. The topological polar surface area (TPSA) is 43.1 Å². The molecule has 2 N–H and O–H groups in total. The van der Waals surface area contributed by atoms with Crippen LogP contribution in [-0.4, -0.2) is 11.3 Å². The van der Waals surface area contributed by atoms with Crippen molar-refractivity contribution in [1.82, 2.24) is 0 Å². The molecule has 3 heteroatoms. The Morgan fingerprint density at radius 2 is 2.20 bits per heavy atom. The highest BCUT2D eigenvalue weighted by atomic mass is 32.1. The van der Waals surface area contributed by atoms with Crippen LogP contribution in [0.25, 0.3) is 0 Å². The summed E-state index contributed by atoms with van der Waals surface area (Å²) < 4.78 is 0. The van der Waals surface area contributed by atoms with E-state index in [4.69, 9.17) is 5.73 Å². The maximum absolute atomic E-state index is 11.8. The van der Waals surface area contributed by atoms with Gasteiger partial charge in [-0.05, 0) is 24.3 Å². The number of Topliss-reactive ketones (excluding diaryl/α,β-unsaturated/α-hetero) is 1. The molecule has 2 rings (SSSR count). The Bertz CT molecular complexity index is 325. The lowest BCUT2D eigenvalue weighted by Gasteiger charge is -2.22. The van der Waals surface area contributed by atoms with E-state index in [1.54, 1.807) is 11.3 Å². The van der Waals surface area contributed by atoms with Gasteiger partial charge in [-0.25, -0.2) is 0 Å². The molecule has 0 radical (unpaired) electrons. The van der Waals surface area contributed by atoms with Crippen molar-refractivity contribution in [3.8, 4) is 0 Å². The largest absolute Gasteiger partial charge is 0.325 e. The number of rotatable bonds is 4. The first-order valence-electron chi connectivity index (χ1n) is 5.51. The van der Waals surface area contributed by atoms with Crippen molar-refractivity contribution in [3.05, 3.63) is 22.4 Å². The molecule has 0 aliphatic heterocycles. The maximum Gasteiger partial charge on any atom is 0.139 e. The first-order chi connectivity index (χ1) is 7.18. The minimum Gasteiger partial charge on any atom is -0.325 e. The van der Waals surface area contributed by atoms with Gasteiger partial charge in [0, 0.05) is 23.3 Å². The van der Waals surface area contributed by atoms with Crippen LogP contribution in [-0.2, 0) is 11.2 Å². The summed E-state index contributed by atoms with van der Waals surface area (Å²) >= 11 is 1.65. The van der Waals surface area contributed by atoms with Crippen LogP contribution in [0.5, 0.6) is 0 Å². The lowest BCUT2D eigenvalue weighted by molar-refractivity contribution is -0.119. The molecule has 1 saturated carbocycles. The zero-order valence-electron chi connectivity index (χ0n) is 8.87. The van der Waals surface area contributed by atoms with E-state index in [1.807, 2.05) is 17.5 Å². The highest BCUT2D eigenvalue weighted by molar-refractivity contribution is 7.10. The minimum absolute atomic E-state index is 0.186. The molecule has 0 aromatic carbocycles. The van der Waals surface area contributed by atoms with Gasteiger partial charge in [0.15, 0.2) is 0 Å². The number of carbonyl (C=O) groups excluding carboxylic acids is 1. The van der Waals surface area contributed by atoms with Gasteiger partial charge in [-0.15, -0.1) is 11.3 Å². The van der Waals surface area contributed by atoms with Crippen LogP contribution in [0, 0.1) is 0 Å². The van der Waals surface area contributed by atoms with E-state index in [1.165, 1.54) is 12.8 Å². The summed E-state index contributed by atoms with van der Waals surface area (Å²) in [6.45, 7) is 0. The molecule has 1 heterocycles. The number of nitrogens with two attached hydrogens (primary N) is 1. The standard InChI is InChI=1S/C12H17NOS/c13-12(5-1-2-6-12)9-10(14)8-11-4-3-7-15-11/h3-4,7H,1-2,5-6,8-9,13H2. The zero-order chi connectivity index (χ0) is 10.7. The fourth-order valence-corrected chi connectivity index (χ4v) is 3.05. The van der Waals surface area contributed by atoms with Crippen LogP contribution in [0.1, 0.15) is 37.0 Å². The average Bonchev–Trinajstić information content (AvgIpc) is 2.76. The van der Waals surface area contributed by atoms with Crippen LogP contribution in [0.3, 0.4) is 0 Å². The molecule has 15 heavy (non-hydrogen) atoms. The SMILES string of the molecule is NC1(CC(=O)Cc2cccs2)CCCC1. The van der Waals surface area contributed by atoms with Crippen molar-refractivity contribution in [1.29, 1.82) is 0 Å². The van der Waals surface area contributed by atoms with Crippen LogP contribution >= 0.6 is 11.3 Å². The van der Waals surface area contributed by atoms with E-state index in [9.17, 15) is 4.79 Å². The molecule has 82 valence electrons. The summed E-state index contributed by atoms with van der Waals surface area (Å²) in [6.07, 6.45) is 5.53. The molecule has 0 atom stereocenters. The zero-order valence-corrected chi connectivity index (χ0v) is 9.69. The second-order valence-corrected chi connectivity index (χ2v) is 5.57. The van der Waals surface area contributed by atoms with E-state index in [0.29, 0.717) is 18.6 Å². The van der Waals surface area contributed by atoms with Gasteiger partial charge in [0.2, 0.25) is 0 Å². The summed E-state index contributed by atoms with van der Waals surface area (Å²) in [7, 11) is 0. The van der Waals surface area contributed by atoms with E-state index in [2.05, 4.69) is 0 Å². The van der Waals surface area contributed by atoms with Gasteiger partial charge < -0.3 is 5.73 Å². The summed E-state index contributed by atoms with van der Waals surface area (Å²) in [6, 6.07) is 4.00. The highest BCUT2D eigenvalue weighted by Crippen LogP contribution is 2.30. The summed E-state index contributed by atoms with van der Waals surface area (Å²) in [4.78, 5) is 13.0. The highest BCUT2D eigenvalue weighted by Gasteiger charge is 2.31. The van der Waals surface area contributed by atoms with Crippen molar-refractivity contribution < 1.29 is 4.79 Å². The molecular weight excluding hydrogens is 206 g/mol. The van der Waals surface area contributed by atoms with E-state index < -0.39 is 0 Å². The van der Waals surface area contributed by atoms with Gasteiger partial charge >= 0.3 is 0 Å². The van der Waals surface area contributed by atoms with Gasteiger partial charge in [0.05, 0.1) is 0 Å². The minimum atomic E-state index is -0.186. The van der Waals surface area contributed by atoms with Crippen molar-refractivity contribution in [2.24, 2.45) is 5.73 Å². The van der Waals surface area contributed by atoms with Gasteiger partial charge in [-0.1, -0.05) is 18.9 Å². The molecular formula is C12H17NOS. The fraction of sp³-hybridized carbons (Fsp3) is 0.583. The number of ketones is 1. The molecule has 1 fully saturated rings. The number of hydrogen-bond donors (Lipinski definition) is 1. The number of thiophene rings is 1. The normalized spacial score (nSPS) is 19.3. The predicted molar refractivity (Wildman–Crippen MR) is 63.0 cm³/mol. The Morgan fingerprint density at radius 3 is 2.80 bits per heavy atom. The van der Waals surface area contributed by atoms with Gasteiger partial charge in [-0.3, -0.25) is 4.79 Å². The van der Waals surface area contributed by atoms with Gasteiger partial charge in [0.1, 0.15) is 5.78 Å². The Morgan fingerprint density at radius 1 is 1.47 bits per heavy atom. The van der Waals surface area contributed by atoms with Crippen LogP contribution in [0.15, 0.2) is 17.5 Å². The molecule has 0 spiro atoms. The first kappa shape index (κ1) is 10.8. The molecule has 1 aromatic heterocycles. The Labute approximate surface area is 94.5 Å². The molecule has 2 nitrogen and oxygen atoms in total. The third-order valence-corrected chi connectivity index (χ3v) is 3.98. The van der Waals surface area contributed by atoms with Gasteiger partial charge in [0.25, 0.3) is 0 Å². The smallest absolute Gasteiger partial charge is 0.139 e. The van der Waals surface area contributed by atoms with E-state index in [-0.39, 0.29) is 5.54 Å². The predicted octanol–water partition coefficient (Wildman–Crippen LogP) is 2.52. The van der Waals surface area contributed by atoms with E-state index in [0.717, 1.165) is 17.7 Å². The van der Waals surface area contributed by atoms with Crippen LogP contribution in [0.4, 0.5) is 0 Å². The second kappa shape index (κ2) is 4.45. The Balaban J connectivity index is 1.87. The Hall–Kier alpha value is -0.670. The van der Waals surface area contributed by atoms with Gasteiger partial charge in [-0.2, -0.15) is 0 Å². The van der Waals surface area contributed by atoms with Crippen molar-refractivity contribution in [3.63, 3.8) is 0 Å². The summed E-state index contributed by atoms with van der Waals surface area (Å²) in [5.74, 6) is 0.293. The lowest BCUT2D eigenvalue weighted by Crippen LogP contribution is -2.39. The second-order valence-electron chi connectivity index (χ2n) is 4.54. The molecule has 1 aliphatic carbocycles. The third kappa shape index (κ3) is 2.89. The quantitative estimate of drug-likeness (QED) is 0.852. The van der Waals surface area contributed by atoms with Crippen molar-refractivity contribution >= 4 is 17.1 Å². The van der Waals surface area contributed by atoms with Crippen molar-refractivity contribution in [2.75, 3.05) is 0 Å². The molecule has 0 amide bonds. The van der Waals surface area contributed by atoms with Crippen LogP contribution < -0.4 is 5.73 Å². The molecule has 0 bridgehead atoms. The summed E-state index contributed by atoms with van der Waals surface area (Å²) in [5, 5.41) is 2.01. The molecule has 1 aromatic rings. The number of carbonyl (C=O) groups is 1. The fourth-order valence-electron chi connectivity index (χ4n) is 2.32. The average molecular weight is 223 g/mol.